The largest absolute Gasteiger partial charge is 0.393 e. The molecule has 0 saturated heterocycles. The highest BCUT2D eigenvalue weighted by atomic mass is 16.3. The zero-order valence-corrected chi connectivity index (χ0v) is 20.7. The van der Waals surface area contributed by atoms with Crippen molar-refractivity contribution >= 4 is 0 Å². The molecule has 4 aliphatic rings. The fourth-order valence-corrected chi connectivity index (χ4v) is 8.98. The van der Waals surface area contributed by atoms with Crippen LogP contribution < -0.4 is 0 Å². The van der Waals surface area contributed by atoms with Gasteiger partial charge in [-0.1, -0.05) is 57.9 Å². The molecular weight excluding hydrogens is 364 g/mol. The van der Waals surface area contributed by atoms with E-state index in [0.717, 1.165) is 42.4 Å². The first-order valence-electron chi connectivity index (χ1n) is 13.2. The molecular formula is C29H48O. The zero-order valence-electron chi connectivity index (χ0n) is 20.7. The van der Waals surface area contributed by atoms with E-state index in [0.29, 0.717) is 16.7 Å². The molecule has 1 N–H and O–H groups in total. The predicted octanol–water partition coefficient (Wildman–Crippen LogP) is 7.94. The molecule has 0 amide bonds. The van der Waals surface area contributed by atoms with Gasteiger partial charge in [0.15, 0.2) is 0 Å². The first-order valence-corrected chi connectivity index (χ1v) is 13.2. The van der Waals surface area contributed by atoms with Gasteiger partial charge in [-0.25, -0.2) is 0 Å². The molecule has 1 nitrogen and oxygen atoms in total. The smallest absolute Gasteiger partial charge is 0.0577 e. The molecule has 0 aromatic rings. The standard InChI is InChI=1S/C29H48O/c1-7-21(19(2)3)9-8-20(4)25-12-13-26-24-11-10-22-18-23(30)14-16-28(22,5)27(24)15-17-29(25,26)6/h7,10,19-20,23-27,30H,8-9,11-18H2,1-6H3/b21-7-/t20-,23+,24+,25+,26+,27-,28+,29+/m1/s1. The first kappa shape index (κ1) is 22.6. The quantitative estimate of drug-likeness (QED) is 0.454. The fraction of sp³-hybridized carbons (Fsp3) is 0.862. The molecule has 8 atom stereocenters. The molecule has 4 rings (SSSR count). The van der Waals surface area contributed by atoms with E-state index >= 15 is 0 Å². The van der Waals surface area contributed by atoms with Gasteiger partial charge >= 0.3 is 0 Å². The lowest BCUT2D eigenvalue weighted by Crippen LogP contribution is -2.50. The number of hydrogen-bond donors (Lipinski definition) is 1. The Morgan fingerprint density at radius 2 is 1.87 bits per heavy atom. The van der Waals surface area contributed by atoms with Crippen molar-refractivity contribution in [1.82, 2.24) is 0 Å². The van der Waals surface area contributed by atoms with Gasteiger partial charge < -0.3 is 5.11 Å². The highest BCUT2D eigenvalue weighted by Gasteiger charge is 2.59. The third-order valence-corrected chi connectivity index (χ3v) is 10.8. The summed E-state index contributed by atoms with van der Waals surface area (Å²) in [7, 11) is 0. The fourth-order valence-electron chi connectivity index (χ4n) is 8.98. The van der Waals surface area contributed by atoms with Crippen LogP contribution in [0, 0.1) is 46.3 Å². The van der Waals surface area contributed by atoms with Gasteiger partial charge in [0.2, 0.25) is 0 Å². The lowest BCUT2D eigenvalue weighted by Gasteiger charge is -2.58. The van der Waals surface area contributed by atoms with Crippen LogP contribution in [0.5, 0.6) is 0 Å². The molecule has 4 aliphatic carbocycles. The number of fused-ring (bicyclic) bond motifs is 5. The van der Waals surface area contributed by atoms with Crippen molar-refractivity contribution in [3.05, 3.63) is 23.3 Å². The maximum Gasteiger partial charge on any atom is 0.0577 e. The minimum atomic E-state index is -0.0839. The Balaban J connectivity index is 1.49. The average Bonchev–Trinajstić information content (AvgIpc) is 3.06. The van der Waals surface area contributed by atoms with Crippen LogP contribution in [-0.2, 0) is 0 Å². The van der Waals surface area contributed by atoms with E-state index in [2.05, 4.69) is 53.7 Å². The third kappa shape index (κ3) is 3.66. The summed E-state index contributed by atoms with van der Waals surface area (Å²) in [6.07, 6.45) is 17.8. The monoisotopic (exact) mass is 412 g/mol. The second-order valence-corrected chi connectivity index (χ2v) is 12.4. The summed E-state index contributed by atoms with van der Waals surface area (Å²) in [4.78, 5) is 0. The maximum atomic E-state index is 10.2. The lowest BCUT2D eigenvalue weighted by molar-refractivity contribution is -0.0571. The number of aliphatic hydroxyl groups is 1. The van der Waals surface area contributed by atoms with Crippen molar-refractivity contribution in [3.63, 3.8) is 0 Å². The number of allylic oxidation sites excluding steroid dienone is 3. The van der Waals surface area contributed by atoms with Crippen LogP contribution in [0.2, 0.25) is 0 Å². The van der Waals surface area contributed by atoms with Crippen LogP contribution in [0.15, 0.2) is 23.3 Å². The molecule has 0 unspecified atom stereocenters. The van der Waals surface area contributed by atoms with Crippen LogP contribution >= 0.6 is 0 Å². The summed E-state index contributed by atoms with van der Waals surface area (Å²) in [5.41, 5.74) is 4.21. The summed E-state index contributed by atoms with van der Waals surface area (Å²) in [5, 5.41) is 10.2. The highest BCUT2D eigenvalue weighted by molar-refractivity contribution is 5.25. The minimum absolute atomic E-state index is 0.0839. The molecule has 0 radical (unpaired) electrons. The van der Waals surface area contributed by atoms with E-state index in [4.69, 9.17) is 0 Å². The average molecular weight is 413 g/mol. The van der Waals surface area contributed by atoms with Crippen LogP contribution in [0.4, 0.5) is 0 Å². The molecule has 3 saturated carbocycles. The molecule has 0 heterocycles. The number of hydrogen-bond acceptors (Lipinski definition) is 1. The predicted molar refractivity (Wildman–Crippen MR) is 128 cm³/mol. The van der Waals surface area contributed by atoms with Crippen molar-refractivity contribution in [3.8, 4) is 0 Å². The van der Waals surface area contributed by atoms with Crippen molar-refractivity contribution in [2.45, 2.75) is 112 Å². The van der Waals surface area contributed by atoms with E-state index in [1.807, 2.05) is 0 Å². The van der Waals surface area contributed by atoms with Crippen LogP contribution in [0.25, 0.3) is 0 Å². The van der Waals surface area contributed by atoms with E-state index in [9.17, 15) is 5.11 Å². The van der Waals surface area contributed by atoms with Crippen molar-refractivity contribution in [2.24, 2.45) is 46.3 Å². The second-order valence-electron chi connectivity index (χ2n) is 12.4. The Kier molecular flexibility index (Phi) is 6.35. The number of aliphatic hydroxyl groups excluding tert-OH is 1. The lowest BCUT2D eigenvalue weighted by atomic mass is 9.47. The van der Waals surface area contributed by atoms with Crippen molar-refractivity contribution < 1.29 is 5.11 Å². The van der Waals surface area contributed by atoms with Gasteiger partial charge in [-0.2, -0.15) is 0 Å². The Morgan fingerprint density at radius 1 is 1.10 bits per heavy atom. The topological polar surface area (TPSA) is 20.2 Å². The summed E-state index contributed by atoms with van der Waals surface area (Å²) in [6.45, 7) is 14.7. The van der Waals surface area contributed by atoms with Crippen molar-refractivity contribution in [1.29, 1.82) is 0 Å². The number of rotatable bonds is 5. The van der Waals surface area contributed by atoms with Gasteiger partial charge in [0.25, 0.3) is 0 Å². The normalized spacial score (nSPS) is 44.9. The Bertz CT molecular complexity index is 686. The molecule has 170 valence electrons. The molecule has 0 spiro atoms. The summed E-state index contributed by atoms with van der Waals surface area (Å²) in [5.74, 6) is 5.15. The van der Waals surface area contributed by atoms with Gasteiger partial charge in [-0.3, -0.25) is 0 Å². The summed E-state index contributed by atoms with van der Waals surface area (Å²) in [6, 6.07) is 0. The molecule has 0 bridgehead atoms. The van der Waals surface area contributed by atoms with Crippen LogP contribution in [0.1, 0.15) is 106 Å². The Hall–Kier alpha value is -0.560. The van der Waals surface area contributed by atoms with Gasteiger partial charge in [-0.05, 0) is 117 Å². The van der Waals surface area contributed by atoms with Gasteiger partial charge in [-0.15, -0.1) is 0 Å². The van der Waals surface area contributed by atoms with Gasteiger partial charge in [0.1, 0.15) is 0 Å². The summed E-state index contributed by atoms with van der Waals surface area (Å²) < 4.78 is 0. The Morgan fingerprint density at radius 3 is 2.57 bits per heavy atom. The van der Waals surface area contributed by atoms with E-state index in [-0.39, 0.29) is 6.10 Å². The summed E-state index contributed by atoms with van der Waals surface area (Å²) >= 11 is 0. The minimum Gasteiger partial charge on any atom is -0.393 e. The highest BCUT2D eigenvalue weighted by Crippen LogP contribution is 2.67. The Labute approximate surface area is 186 Å². The maximum absolute atomic E-state index is 10.2. The van der Waals surface area contributed by atoms with Crippen LogP contribution in [-0.4, -0.2) is 11.2 Å². The van der Waals surface area contributed by atoms with Gasteiger partial charge in [0, 0.05) is 0 Å². The molecule has 1 heteroatoms. The third-order valence-electron chi connectivity index (χ3n) is 10.8. The molecule has 0 aromatic heterocycles. The van der Waals surface area contributed by atoms with Crippen molar-refractivity contribution in [2.75, 3.05) is 0 Å². The van der Waals surface area contributed by atoms with E-state index < -0.39 is 0 Å². The molecule has 0 aromatic carbocycles. The zero-order chi connectivity index (χ0) is 21.7. The van der Waals surface area contributed by atoms with E-state index in [1.54, 1.807) is 11.1 Å². The van der Waals surface area contributed by atoms with E-state index in [1.165, 1.54) is 51.4 Å². The first-order chi connectivity index (χ1) is 14.2. The molecule has 0 aliphatic heterocycles. The SMILES string of the molecule is C/C=C(/CC[C@@H](C)[C@@H]1CC[C@H]2[C@@H]3CC=C4C[C@@H](O)CC[C@]4(C)[C@@H]3CC[C@]21C)C(C)C. The van der Waals surface area contributed by atoms with Crippen LogP contribution in [0.3, 0.4) is 0 Å². The van der Waals surface area contributed by atoms with Gasteiger partial charge in [0.05, 0.1) is 6.10 Å². The molecule has 3 fully saturated rings. The second kappa shape index (κ2) is 8.42. The molecule has 30 heavy (non-hydrogen) atoms.